The summed E-state index contributed by atoms with van der Waals surface area (Å²) in [6, 6.07) is 5.69. The van der Waals surface area contributed by atoms with Crippen LogP contribution in [0.15, 0.2) is 36.4 Å². The van der Waals surface area contributed by atoms with Crippen molar-refractivity contribution in [1.82, 2.24) is 0 Å². The van der Waals surface area contributed by atoms with Crippen molar-refractivity contribution in [3.63, 3.8) is 0 Å². The lowest BCUT2D eigenvalue weighted by Crippen LogP contribution is -2.60. The molecule has 4 rings (SSSR count). The van der Waals surface area contributed by atoms with Gasteiger partial charge in [0.1, 0.15) is 5.82 Å². The molecule has 0 atom stereocenters. The largest absolute Gasteiger partial charge is 0.416 e. The van der Waals surface area contributed by atoms with Crippen LogP contribution in [0.4, 0.5) is 42.1 Å². The van der Waals surface area contributed by atoms with Crippen LogP contribution in [0.5, 0.6) is 0 Å². The van der Waals surface area contributed by atoms with Crippen molar-refractivity contribution >= 4 is 17.3 Å². The molecule has 34 heavy (non-hydrogen) atoms. The van der Waals surface area contributed by atoms with Crippen LogP contribution < -0.4 is 9.80 Å². The number of halogens is 7. The molecule has 1 saturated carbocycles. The van der Waals surface area contributed by atoms with E-state index in [1.165, 1.54) is 21.9 Å². The lowest BCUT2D eigenvalue weighted by Gasteiger charge is -2.57. The smallest absolute Gasteiger partial charge is 0.370 e. The predicted molar refractivity (Wildman–Crippen MR) is 113 cm³/mol. The average Bonchev–Trinajstić information content (AvgIpc) is 2.67. The van der Waals surface area contributed by atoms with Gasteiger partial charge < -0.3 is 9.80 Å². The molecular weight excluding hydrogens is 465 g/mol. The summed E-state index contributed by atoms with van der Waals surface area (Å²) in [4.78, 5) is 15.8. The van der Waals surface area contributed by atoms with Crippen molar-refractivity contribution < 1.29 is 35.5 Å². The number of carbonyl (C=O) groups is 1. The maximum absolute atomic E-state index is 14.0. The molecule has 1 saturated heterocycles. The number of hydrogen-bond donors (Lipinski definition) is 0. The number of likely N-dealkylation sites (N-methyl/N-ethyl adjacent to an activating group) is 1. The second kappa shape index (κ2) is 8.46. The summed E-state index contributed by atoms with van der Waals surface area (Å²) in [7, 11) is 0. The third kappa shape index (κ3) is 4.59. The topological polar surface area (TPSA) is 23.6 Å². The molecule has 2 aromatic rings. The number of amides is 1. The molecular formula is C24H23F7N2O. The minimum atomic E-state index is -5.09. The number of alkyl halides is 6. The Kier molecular flexibility index (Phi) is 6.06. The van der Waals surface area contributed by atoms with Crippen LogP contribution in [0, 0.1) is 11.2 Å². The summed E-state index contributed by atoms with van der Waals surface area (Å²) in [5.41, 5.74) is -3.31. The minimum absolute atomic E-state index is 0.0581. The molecule has 184 valence electrons. The fraction of sp³-hybridized carbons (Fsp3) is 0.458. The van der Waals surface area contributed by atoms with Gasteiger partial charge in [-0.2, -0.15) is 26.3 Å². The number of hydrogen-bond acceptors (Lipinski definition) is 2. The molecule has 1 spiro atoms. The van der Waals surface area contributed by atoms with Gasteiger partial charge in [-0.25, -0.2) is 4.39 Å². The second-order valence-electron chi connectivity index (χ2n) is 9.02. The fourth-order valence-electron chi connectivity index (χ4n) is 4.84. The van der Waals surface area contributed by atoms with Gasteiger partial charge in [-0.15, -0.1) is 0 Å². The molecule has 0 unspecified atom stereocenters. The SMILES string of the molecule is CCN(C(=O)Cc1c(N2CC3(CCC3)C2)cc(C(F)(F)F)cc1C(F)(F)F)c1ccc(F)cc1. The number of nitrogens with zero attached hydrogens (tertiary/aromatic N) is 2. The maximum atomic E-state index is 14.0. The predicted octanol–water partition coefficient (Wildman–Crippen LogP) is 6.45. The number of carbonyl (C=O) groups excluding carboxylic acids is 1. The van der Waals surface area contributed by atoms with E-state index < -0.39 is 47.2 Å². The molecule has 2 aliphatic rings. The third-order valence-electron chi connectivity index (χ3n) is 6.75. The Morgan fingerprint density at radius 1 is 1.00 bits per heavy atom. The van der Waals surface area contributed by atoms with Crippen molar-refractivity contribution in [3.05, 3.63) is 58.9 Å². The quantitative estimate of drug-likeness (QED) is 0.452. The Balaban J connectivity index is 1.76. The van der Waals surface area contributed by atoms with Crippen molar-refractivity contribution in [1.29, 1.82) is 0 Å². The Bertz CT molecular complexity index is 1060. The Labute approximate surface area is 192 Å². The van der Waals surface area contributed by atoms with Crippen molar-refractivity contribution in [2.75, 3.05) is 29.4 Å². The van der Waals surface area contributed by atoms with Crippen molar-refractivity contribution in [2.45, 2.75) is 45.0 Å². The molecule has 2 aromatic carbocycles. The van der Waals surface area contributed by atoms with Gasteiger partial charge in [0.05, 0.1) is 17.5 Å². The molecule has 0 aromatic heterocycles. The zero-order valence-electron chi connectivity index (χ0n) is 18.4. The van der Waals surface area contributed by atoms with Crippen LogP contribution in [-0.2, 0) is 23.6 Å². The van der Waals surface area contributed by atoms with E-state index in [1.807, 2.05) is 0 Å². The van der Waals surface area contributed by atoms with E-state index in [9.17, 15) is 35.5 Å². The molecule has 1 aliphatic heterocycles. The van der Waals surface area contributed by atoms with Gasteiger partial charge in [-0.05, 0) is 61.7 Å². The summed E-state index contributed by atoms with van der Waals surface area (Å²) >= 11 is 0. The van der Waals surface area contributed by atoms with Gasteiger partial charge in [-0.3, -0.25) is 4.79 Å². The summed E-state index contributed by atoms with van der Waals surface area (Å²) in [5.74, 6) is -1.26. The molecule has 10 heteroatoms. The monoisotopic (exact) mass is 488 g/mol. The highest BCUT2D eigenvalue weighted by Crippen LogP contribution is 2.51. The first kappa shape index (κ1) is 24.3. The van der Waals surface area contributed by atoms with Crippen LogP contribution in [0.2, 0.25) is 0 Å². The highest BCUT2D eigenvalue weighted by atomic mass is 19.4. The second-order valence-corrected chi connectivity index (χ2v) is 9.02. The van der Waals surface area contributed by atoms with Crippen LogP contribution >= 0.6 is 0 Å². The molecule has 3 nitrogen and oxygen atoms in total. The van der Waals surface area contributed by atoms with Crippen LogP contribution in [0.25, 0.3) is 0 Å². The maximum Gasteiger partial charge on any atom is 0.416 e. The van der Waals surface area contributed by atoms with Gasteiger partial charge in [-0.1, -0.05) is 6.42 Å². The molecule has 0 bridgehead atoms. The highest BCUT2D eigenvalue weighted by Gasteiger charge is 2.49. The zero-order chi connectivity index (χ0) is 24.9. The fourth-order valence-corrected chi connectivity index (χ4v) is 4.84. The molecule has 1 amide bonds. The van der Waals surface area contributed by atoms with E-state index in [0.29, 0.717) is 13.1 Å². The molecule has 0 radical (unpaired) electrons. The van der Waals surface area contributed by atoms with Gasteiger partial charge in [0.2, 0.25) is 5.91 Å². The first-order valence-electron chi connectivity index (χ1n) is 11.0. The van der Waals surface area contributed by atoms with E-state index in [2.05, 4.69) is 0 Å². The minimum Gasteiger partial charge on any atom is -0.370 e. The van der Waals surface area contributed by atoms with Crippen molar-refractivity contribution in [3.8, 4) is 0 Å². The molecule has 2 fully saturated rings. The average molecular weight is 488 g/mol. The van der Waals surface area contributed by atoms with E-state index in [-0.39, 0.29) is 29.4 Å². The highest BCUT2D eigenvalue weighted by molar-refractivity contribution is 5.95. The lowest BCUT2D eigenvalue weighted by atomic mass is 9.63. The first-order valence-corrected chi connectivity index (χ1v) is 11.0. The Hall–Kier alpha value is -2.78. The van der Waals surface area contributed by atoms with Crippen LogP contribution in [-0.4, -0.2) is 25.5 Å². The third-order valence-corrected chi connectivity index (χ3v) is 6.75. The van der Waals surface area contributed by atoms with E-state index in [0.717, 1.165) is 37.5 Å². The molecule has 0 N–H and O–H groups in total. The standard InChI is InChI=1S/C24H23F7N2O/c1-2-33(17-6-4-16(25)5-7-17)21(34)12-18-19(24(29,30)31)10-15(23(26,27)28)11-20(18)32-13-22(14-32)8-3-9-22/h4-7,10-11H,2-3,8-9,12-14H2,1H3. The van der Waals surface area contributed by atoms with Gasteiger partial charge in [0.25, 0.3) is 0 Å². The van der Waals surface area contributed by atoms with Gasteiger partial charge >= 0.3 is 12.4 Å². The van der Waals surface area contributed by atoms with Gasteiger partial charge in [0.15, 0.2) is 0 Å². The van der Waals surface area contributed by atoms with E-state index in [4.69, 9.17) is 0 Å². The molecule has 1 heterocycles. The lowest BCUT2D eigenvalue weighted by molar-refractivity contribution is -0.143. The summed E-state index contributed by atoms with van der Waals surface area (Å²) in [5, 5.41) is 0. The number of benzene rings is 2. The summed E-state index contributed by atoms with van der Waals surface area (Å²) < 4.78 is 95.6. The first-order chi connectivity index (χ1) is 15.8. The number of rotatable bonds is 5. The Morgan fingerprint density at radius 3 is 2.09 bits per heavy atom. The summed E-state index contributed by atoms with van der Waals surface area (Å²) in [6.07, 6.45) is -8.04. The van der Waals surface area contributed by atoms with Crippen LogP contribution in [0.1, 0.15) is 42.9 Å². The normalized spacial score (nSPS) is 17.4. The molecule has 1 aliphatic carbocycles. The van der Waals surface area contributed by atoms with Crippen molar-refractivity contribution in [2.24, 2.45) is 5.41 Å². The Morgan fingerprint density at radius 2 is 1.62 bits per heavy atom. The van der Waals surface area contributed by atoms with Crippen LogP contribution in [0.3, 0.4) is 0 Å². The summed E-state index contributed by atoms with van der Waals surface area (Å²) in [6.45, 7) is 2.43. The van der Waals surface area contributed by atoms with E-state index >= 15 is 0 Å². The number of anilines is 2. The zero-order valence-corrected chi connectivity index (χ0v) is 18.4. The van der Waals surface area contributed by atoms with E-state index in [1.54, 1.807) is 6.92 Å². The van der Waals surface area contributed by atoms with Gasteiger partial charge in [0, 0.05) is 36.4 Å².